The molecule has 0 aliphatic rings. The number of amides is 1. The number of benzene rings is 1. The molecule has 0 bridgehead atoms. The fourth-order valence-electron chi connectivity index (χ4n) is 1.26. The van der Waals surface area contributed by atoms with Crippen LogP contribution in [-0.4, -0.2) is 25.2 Å². The SMILES string of the molecule is CCOOCC(C#N)NC(=O)c1c(Cl)cccc1Cl. The smallest absolute Gasteiger partial charge is 0.255 e. The summed E-state index contributed by atoms with van der Waals surface area (Å²) in [6, 6.07) is 5.73. The quantitative estimate of drug-likeness (QED) is 0.498. The number of halogens is 2. The maximum atomic E-state index is 12.0. The van der Waals surface area contributed by atoms with Gasteiger partial charge >= 0.3 is 0 Å². The monoisotopic (exact) mass is 302 g/mol. The molecule has 0 heterocycles. The van der Waals surface area contributed by atoms with E-state index in [-0.39, 0.29) is 22.2 Å². The van der Waals surface area contributed by atoms with Gasteiger partial charge in [-0.15, -0.1) is 0 Å². The minimum atomic E-state index is -0.855. The largest absolute Gasteiger partial charge is 0.334 e. The Hall–Kier alpha value is -1.32. The van der Waals surface area contributed by atoms with Crippen LogP contribution in [0.5, 0.6) is 0 Å². The van der Waals surface area contributed by atoms with Crippen LogP contribution in [-0.2, 0) is 9.78 Å². The lowest BCUT2D eigenvalue weighted by Gasteiger charge is -2.12. The average molecular weight is 303 g/mol. The molecule has 0 saturated carbocycles. The number of nitrogens with zero attached hydrogens (tertiary/aromatic N) is 1. The van der Waals surface area contributed by atoms with Crippen molar-refractivity contribution in [3.8, 4) is 6.07 Å². The van der Waals surface area contributed by atoms with Crippen molar-refractivity contribution in [3.63, 3.8) is 0 Å². The third-order valence-electron chi connectivity index (χ3n) is 2.09. The van der Waals surface area contributed by atoms with Gasteiger partial charge in [-0.25, -0.2) is 9.78 Å². The lowest BCUT2D eigenvalue weighted by molar-refractivity contribution is -0.292. The molecule has 0 radical (unpaired) electrons. The zero-order valence-electron chi connectivity index (χ0n) is 10.2. The van der Waals surface area contributed by atoms with Gasteiger partial charge in [-0.05, 0) is 19.1 Å². The van der Waals surface area contributed by atoms with Gasteiger partial charge in [-0.1, -0.05) is 29.3 Å². The van der Waals surface area contributed by atoms with Crippen LogP contribution in [0.3, 0.4) is 0 Å². The molecule has 0 saturated heterocycles. The first-order chi connectivity index (χ1) is 9.10. The lowest BCUT2D eigenvalue weighted by atomic mass is 10.2. The average Bonchev–Trinajstić information content (AvgIpc) is 2.37. The highest BCUT2D eigenvalue weighted by Gasteiger charge is 2.18. The number of nitriles is 1. The number of nitrogens with one attached hydrogen (secondary N) is 1. The van der Waals surface area contributed by atoms with Crippen LogP contribution in [0.1, 0.15) is 17.3 Å². The third-order valence-corrected chi connectivity index (χ3v) is 2.72. The fourth-order valence-corrected chi connectivity index (χ4v) is 1.82. The molecule has 0 aliphatic heterocycles. The number of carbonyl (C=O) groups excluding carboxylic acids is 1. The number of rotatable bonds is 6. The van der Waals surface area contributed by atoms with Crippen LogP contribution in [0, 0.1) is 11.3 Å². The van der Waals surface area contributed by atoms with Gasteiger partial charge in [0.05, 0.1) is 28.3 Å². The molecule has 1 N–H and O–H groups in total. The summed E-state index contributed by atoms with van der Waals surface area (Å²) in [5.74, 6) is -0.540. The summed E-state index contributed by atoms with van der Waals surface area (Å²) in [6.45, 7) is 2.00. The van der Waals surface area contributed by atoms with E-state index in [0.29, 0.717) is 6.61 Å². The van der Waals surface area contributed by atoms with Crippen molar-refractivity contribution in [2.75, 3.05) is 13.2 Å². The highest BCUT2D eigenvalue weighted by molar-refractivity contribution is 6.39. The van der Waals surface area contributed by atoms with Crippen molar-refractivity contribution in [3.05, 3.63) is 33.8 Å². The van der Waals surface area contributed by atoms with Crippen molar-refractivity contribution in [1.29, 1.82) is 5.26 Å². The van der Waals surface area contributed by atoms with Crippen LogP contribution < -0.4 is 5.32 Å². The standard InChI is InChI=1S/C12H12Cl2N2O3/c1-2-18-19-7-8(6-15)16-12(17)11-9(13)4-3-5-10(11)14/h3-5,8H,2,7H2,1H3,(H,16,17). The van der Waals surface area contributed by atoms with Crippen LogP contribution in [0.15, 0.2) is 18.2 Å². The van der Waals surface area contributed by atoms with E-state index in [9.17, 15) is 4.79 Å². The molecule has 5 nitrogen and oxygen atoms in total. The minimum Gasteiger partial charge on any atom is -0.334 e. The van der Waals surface area contributed by atoms with E-state index in [1.54, 1.807) is 25.1 Å². The van der Waals surface area contributed by atoms with Gasteiger partial charge in [-0.2, -0.15) is 5.26 Å². The van der Waals surface area contributed by atoms with Crippen LogP contribution in [0.4, 0.5) is 0 Å². The molecule has 1 aromatic rings. The van der Waals surface area contributed by atoms with E-state index >= 15 is 0 Å². The van der Waals surface area contributed by atoms with E-state index < -0.39 is 11.9 Å². The predicted octanol–water partition coefficient (Wildman–Crippen LogP) is 2.58. The molecular weight excluding hydrogens is 291 g/mol. The molecule has 1 unspecified atom stereocenters. The maximum absolute atomic E-state index is 12.0. The molecule has 1 atom stereocenters. The molecule has 1 rings (SSSR count). The highest BCUT2D eigenvalue weighted by Crippen LogP contribution is 2.23. The van der Waals surface area contributed by atoms with E-state index in [1.807, 2.05) is 6.07 Å². The number of carbonyl (C=O) groups is 1. The van der Waals surface area contributed by atoms with Crippen LogP contribution in [0.2, 0.25) is 10.0 Å². The van der Waals surface area contributed by atoms with E-state index in [0.717, 1.165) is 0 Å². The summed E-state index contributed by atoms with van der Waals surface area (Å²) in [5.41, 5.74) is 0.127. The molecule has 102 valence electrons. The summed E-state index contributed by atoms with van der Waals surface area (Å²) in [4.78, 5) is 21.3. The minimum absolute atomic E-state index is 0.0852. The van der Waals surface area contributed by atoms with Gasteiger partial charge in [0.15, 0.2) is 0 Å². The first-order valence-electron chi connectivity index (χ1n) is 5.49. The Morgan fingerprint density at radius 3 is 2.58 bits per heavy atom. The first kappa shape index (κ1) is 15.7. The summed E-state index contributed by atoms with van der Waals surface area (Å²) in [5, 5.41) is 11.8. The van der Waals surface area contributed by atoms with Gasteiger partial charge in [0, 0.05) is 0 Å². The second kappa shape index (κ2) is 7.97. The first-order valence-corrected chi connectivity index (χ1v) is 6.24. The molecule has 1 aromatic carbocycles. The van der Waals surface area contributed by atoms with E-state index in [4.69, 9.17) is 33.4 Å². The number of hydrogen-bond donors (Lipinski definition) is 1. The highest BCUT2D eigenvalue weighted by atomic mass is 35.5. The van der Waals surface area contributed by atoms with Crippen molar-refractivity contribution in [2.24, 2.45) is 0 Å². The van der Waals surface area contributed by atoms with Gasteiger partial charge in [0.25, 0.3) is 5.91 Å². The van der Waals surface area contributed by atoms with Crippen molar-refractivity contribution >= 4 is 29.1 Å². The molecule has 0 spiro atoms. The summed E-state index contributed by atoms with van der Waals surface area (Å²) >= 11 is 11.8. The maximum Gasteiger partial charge on any atom is 0.255 e. The summed E-state index contributed by atoms with van der Waals surface area (Å²) < 4.78 is 0. The lowest BCUT2D eigenvalue weighted by Crippen LogP contribution is -2.37. The van der Waals surface area contributed by atoms with Gasteiger partial charge in [0.2, 0.25) is 0 Å². The van der Waals surface area contributed by atoms with Gasteiger partial charge < -0.3 is 5.32 Å². The van der Waals surface area contributed by atoms with Crippen molar-refractivity contribution < 1.29 is 14.6 Å². The fraction of sp³-hybridized carbons (Fsp3) is 0.333. The third kappa shape index (κ3) is 4.69. The predicted molar refractivity (Wildman–Crippen MR) is 70.9 cm³/mol. The Balaban J connectivity index is 2.70. The van der Waals surface area contributed by atoms with E-state index in [2.05, 4.69) is 10.2 Å². The molecule has 19 heavy (non-hydrogen) atoms. The van der Waals surface area contributed by atoms with Crippen LogP contribution in [0.25, 0.3) is 0 Å². The Labute approximate surface area is 120 Å². The molecule has 7 heteroatoms. The molecule has 0 aliphatic carbocycles. The second-order valence-corrected chi connectivity index (χ2v) is 4.26. The Bertz CT molecular complexity index is 468. The normalized spacial score (nSPS) is 11.7. The zero-order valence-corrected chi connectivity index (χ0v) is 11.7. The van der Waals surface area contributed by atoms with E-state index in [1.165, 1.54) is 0 Å². The topological polar surface area (TPSA) is 71.3 Å². The molecular formula is C12H12Cl2N2O3. The molecule has 0 aromatic heterocycles. The second-order valence-electron chi connectivity index (χ2n) is 3.44. The Morgan fingerprint density at radius 1 is 1.42 bits per heavy atom. The Kier molecular flexibility index (Phi) is 6.60. The molecule has 0 fully saturated rings. The van der Waals surface area contributed by atoms with Crippen molar-refractivity contribution in [1.82, 2.24) is 5.32 Å². The molecule has 1 amide bonds. The van der Waals surface area contributed by atoms with Gasteiger partial charge in [0.1, 0.15) is 12.6 Å². The number of hydrogen-bond acceptors (Lipinski definition) is 4. The summed E-state index contributed by atoms with van der Waals surface area (Å²) in [6.07, 6.45) is 0. The van der Waals surface area contributed by atoms with Crippen LogP contribution >= 0.6 is 23.2 Å². The van der Waals surface area contributed by atoms with Gasteiger partial charge in [-0.3, -0.25) is 4.79 Å². The Morgan fingerprint density at radius 2 is 2.05 bits per heavy atom. The van der Waals surface area contributed by atoms with Crippen molar-refractivity contribution in [2.45, 2.75) is 13.0 Å². The zero-order chi connectivity index (χ0) is 14.3. The summed E-state index contributed by atoms with van der Waals surface area (Å²) in [7, 11) is 0.